The van der Waals surface area contributed by atoms with Crippen molar-refractivity contribution in [3.05, 3.63) is 70.4 Å². The Morgan fingerprint density at radius 2 is 1.74 bits per heavy atom. The maximum absolute atomic E-state index is 11.6. The summed E-state index contributed by atoms with van der Waals surface area (Å²) in [6, 6.07) is 14.1. The summed E-state index contributed by atoms with van der Waals surface area (Å²) in [5, 5.41) is 5.28. The summed E-state index contributed by atoms with van der Waals surface area (Å²) in [7, 11) is 0. The molecule has 0 saturated carbocycles. The molecule has 3 rings (SSSR count). The van der Waals surface area contributed by atoms with E-state index in [2.05, 4.69) is 10.6 Å². The number of benzene rings is 2. The Labute approximate surface area is 137 Å². The quantitative estimate of drug-likeness (QED) is 0.669. The highest BCUT2D eigenvalue weighted by Gasteiger charge is 2.23. The van der Waals surface area contributed by atoms with Crippen molar-refractivity contribution in [1.82, 2.24) is 10.6 Å². The van der Waals surface area contributed by atoms with Crippen molar-refractivity contribution in [1.29, 1.82) is 0 Å². The van der Waals surface area contributed by atoms with E-state index in [1.807, 2.05) is 30.3 Å². The highest BCUT2D eigenvalue weighted by molar-refractivity contribution is 6.30. The second-order valence-corrected chi connectivity index (χ2v) is 5.36. The number of carbonyl (C=O) groups is 2. The van der Waals surface area contributed by atoms with Crippen LogP contribution in [-0.4, -0.2) is 11.9 Å². The first-order chi connectivity index (χ1) is 11.1. The van der Waals surface area contributed by atoms with E-state index in [4.69, 9.17) is 16.3 Å². The van der Waals surface area contributed by atoms with Gasteiger partial charge in [0.05, 0.1) is 0 Å². The highest BCUT2D eigenvalue weighted by atomic mass is 35.5. The normalized spacial score (nSPS) is 15.4. The third kappa shape index (κ3) is 3.70. The zero-order valence-corrected chi connectivity index (χ0v) is 12.8. The average molecular weight is 329 g/mol. The lowest BCUT2D eigenvalue weighted by Gasteiger charge is -2.09. The lowest BCUT2D eigenvalue weighted by atomic mass is 10.1. The van der Waals surface area contributed by atoms with Gasteiger partial charge in [0.25, 0.3) is 5.91 Å². The first kappa shape index (κ1) is 15.1. The number of para-hydroxylation sites is 1. The molecule has 0 unspecified atom stereocenters. The molecule has 0 aliphatic carbocycles. The predicted octanol–water partition coefficient (Wildman–Crippen LogP) is 3.10. The van der Waals surface area contributed by atoms with Gasteiger partial charge < -0.3 is 10.1 Å². The molecule has 23 heavy (non-hydrogen) atoms. The molecule has 2 aromatic rings. The summed E-state index contributed by atoms with van der Waals surface area (Å²) in [6.07, 6.45) is 1.58. The number of rotatable bonds is 4. The lowest BCUT2D eigenvalue weighted by Crippen LogP contribution is -2.22. The number of imide groups is 1. The monoisotopic (exact) mass is 328 g/mol. The Balaban J connectivity index is 1.78. The van der Waals surface area contributed by atoms with Gasteiger partial charge in [-0.25, -0.2) is 4.79 Å². The third-order valence-electron chi connectivity index (χ3n) is 3.25. The molecule has 3 amide bonds. The van der Waals surface area contributed by atoms with Crippen LogP contribution in [0, 0.1) is 0 Å². The van der Waals surface area contributed by atoms with E-state index in [0.717, 1.165) is 5.56 Å². The average Bonchev–Trinajstić information content (AvgIpc) is 2.86. The molecule has 2 N–H and O–H groups in total. The summed E-state index contributed by atoms with van der Waals surface area (Å²) < 4.78 is 5.80. The second kappa shape index (κ2) is 6.54. The maximum atomic E-state index is 11.6. The topological polar surface area (TPSA) is 67.4 Å². The van der Waals surface area contributed by atoms with Gasteiger partial charge in [0, 0.05) is 10.6 Å². The number of urea groups is 1. The molecular weight excluding hydrogens is 316 g/mol. The Morgan fingerprint density at radius 1 is 1.00 bits per heavy atom. The number of nitrogens with one attached hydrogen (secondary N) is 2. The summed E-state index contributed by atoms with van der Waals surface area (Å²) in [5.74, 6) is 0.159. The van der Waals surface area contributed by atoms with Crippen LogP contribution < -0.4 is 15.4 Å². The first-order valence-corrected chi connectivity index (χ1v) is 7.30. The molecule has 0 radical (unpaired) electrons. The van der Waals surface area contributed by atoms with Gasteiger partial charge in [-0.05, 0) is 29.8 Å². The molecule has 1 aliphatic rings. The van der Waals surface area contributed by atoms with Crippen molar-refractivity contribution in [3.8, 4) is 5.75 Å². The van der Waals surface area contributed by atoms with Gasteiger partial charge in [-0.3, -0.25) is 10.1 Å². The zero-order chi connectivity index (χ0) is 16.2. The van der Waals surface area contributed by atoms with E-state index < -0.39 is 11.9 Å². The van der Waals surface area contributed by atoms with Crippen LogP contribution in [0.1, 0.15) is 11.1 Å². The van der Waals surface area contributed by atoms with Gasteiger partial charge in [-0.1, -0.05) is 41.9 Å². The Hall–Kier alpha value is -2.79. The smallest absolute Gasteiger partial charge is 0.326 e. The van der Waals surface area contributed by atoms with Gasteiger partial charge in [0.2, 0.25) is 0 Å². The summed E-state index contributed by atoms with van der Waals surface area (Å²) in [5.41, 5.74) is 1.87. The Bertz CT molecular complexity index is 785. The minimum atomic E-state index is -0.527. The van der Waals surface area contributed by atoms with Crippen molar-refractivity contribution in [2.45, 2.75) is 6.61 Å². The van der Waals surface area contributed by atoms with Gasteiger partial charge in [0.1, 0.15) is 18.1 Å². The Morgan fingerprint density at radius 3 is 2.43 bits per heavy atom. The minimum absolute atomic E-state index is 0.192. The van der Waals surface area contributed by atoms with Crippen LogP contribution in [0.15, 0.2) is 54.2 Å². The predicted molar refractivity (Wildman–Crippen MR) is 86.9 cm³/mol. The molecule has 1 heterocycles. The molecular formula is C17H13ClN2O3. The van der Waals surface area contributed by atoms with Crippen LogP contribution >= 0.6 is 11.6 Å². The number of halogens is 1. The van der Waals surface area contributed by atoms with Crippen molar-refractivity contribution >= 4 is 29.6 Å². The molecule has 1 saturated heterocycles. The van der Waals surface area contributed by atoms with Crippen LogP contribution in [0.4, 0.5) is 4.79 Å². The number of hydrogen-bond acceptors (Lipinski definition) is 3. The molecule has 1 aliphatic heterocycles. The molecule has 0 aromatic heterocycles. The third-order valence-corrected chi connectivity index (χ3v) is 3.50. The number of hydrogen-bond donors (Lipinski definition) is 2. The molecule has 5 nitrogen and oxygen atoms in total. The van der Waals surface area contributed by atoms with Gasteiger partial charge in [-0.2, -0.15) is 0 Å². The van der Waals surface area contributed by atoms with Crippen LogP contribution in [-0.2, 0) is 11.4 Å². The van der Waals surface area contributed by atoms with Crippen LogP contribution in [0.2, 0.25) is 5.02 Å². The summed E-state index contributed by atoms with van der Waals surface area (Å²) in [6.45, 7) is 0.371. The van der Waals surface area contributed by atoms with E-state index >= 15 is 0 Å². The fourth-order valence-corrected chi connectivity index (χ4v) is 2.24. The molecule has 1 fully saturated rings. The Kier molecular flexibility index (Phi) is 4.30. The van der Waals surface area contributed by atoms with Crippen molar-refractivity contribution in [2.24, 2.45) is 0 Å². The molecule has 0 spiro atoms. The van der Waals surface area contributed by atoms with Crippen molar-refractivity contribution < 1.29 is 14.3 Å². The zero-order valence-electron chi connectivity index (χ0n) is 12.0. The van der Waals surface area contributed by atoms with E-state index in [1.165, 1.54) is 0 Å². The van der Waals surface area contributed by atoms with Gasteiger partial charge in [-0.15, -0.1) is 0 Å². The van der Waals surface area contributed by atoms with Gasteiger partial charge in [0.15, 0.2) is 0 Å². The van der Waals surface area contributed by atoms with E-state index in [-0.39, 0.29) is 5.70 Å². The van der Waals surface area contributed by atoms with Crippen molar-refractivity contribution in [3.63, 3.8) is 0 Å². The number of carbonyl (C=O) groups excluding carboxylic acids is 2. The van der Waals surface area contributed by atoms with Crippen molar-refractivity contribution in [2.75, 3.05) is 0 Å². The van der Waals surface area contributed by atoms with Gasteiger partial charge >= 0.3 is 6.03 Å². The highest BCUT2D eigenvalue weighted by Crippen LogP contribution is 2.22. The molecule has 2 aromatic carbocycles. The lowest BCUT2D eigenvalue weighted by molar-refractivity contribution is -0.115. The van der Waals surface area contributed by atoms with E-state index in [0.29, 0.717) is 22.9 Å². The molecule has 116 valence electrons. The molecule has 6 heteroatoms. The number of ether oxygens (including phenoxy) is 1. The summed E-state index contributed by atoms with van der Waals surface area (Å²) in [4.78, 5) is 22.7. The maximum Gasteiger partial charge on any atom is 0.326 e. The first-order valence-electron chi connectivity index (χ1n) is 6.92. The SMILES string of the molecule is O=C1NC(=O)/C(=C\c2ccccc2OCc2ccc(Cl)cc2)N1. The second-order valence-electron chi connectivity index (χ2n) is 4.92. The largest absolute Gasteiger partial charge is 0.488 e. The molecule has 0 atom stereocenters. The van der Waals surface area contributed by atoms with E-state index in [9.17, 15) is 9.59 Å². The molecule has 0 bridgehead atoms. The fourth-order valence-electron chi connectivity index (χ4n) is 2.11. The fraction of sp³-hybridized carbons (Fsp3) is 0.0588. The van der Waals surface area contributed by atoms with Crippen LogP contribution in [0.25, 0.3) is 6.08 Å². The summed E-state index contributed by atoms with van der Waals surface area (Å²) >= 11 is 5.85. The number of amides is 3. The van der Waals surface area contributed by atoms with Crippen LogP contribution in [0.5, 0.6) is 5.75 Å². The standard InChI is InChI=1S/C17H13ClN2O3/c18-13-7-5-11(6-8-13)10-23-15-4-2-1-3-12(15)9-14-16(21)20-17(22)19-14/h1-9H,10H2,(H2,19,20,21,22)/b14-9+. The van der Waals surface area contributed by atoms with E-state index in [1.54, 1.807) is 24.3 Å². The minimum Gasteiger partial charge on any atom is -0.488 e. The van der Waals surface area contributed by atoms with Crippen LogP contribution in [0.3, 0.4) is 0 Å².